The monoisotopic (exact) mass is 119 g/mol. The summed E-state index contributed by atoms with van der Waals surface area (Å²) in [5.41, 5.74) is 1.20. The van der Waals surface area contributed by atoms with Crippen molar-refractivity contribution in [3.63, 3.8) is 0 Å². The highest BCUT2D eigenvalue weighted by molar-refractivity contribution is 5.52. The molecule has 1 aliphatic carbocycles. The second-order valence-corrected chi connectivity index (χ2v) is 2.18. The van der Waals surface area contributed by atoms with E-state index in [1.807, 2.05) is 6.07 Å². The van der Waals surface area contributed by atoms with Gasteiger partial charge in [0.2, 0.25) is 0 Å². The summed E-state index contributed by atoms with van der Waals surface area (Å²) in [6, 6.07) is 1.88. The first kappa shape index (κ1) is 4.86. The summed E-state index contributed by atoms with van der Waals surface area (Å²) in [5.74, 6) is 1.08. The Hall–Kier alpha value is -0.980. The molecule has 1 aromatic heterocycles. The predicted octanol–water partition coefficient (Wildman–Crippen LogP) is 2.04. The number of hydrogen-bond donors (Lipinski definition) is 0. The molecule has 0 fully saturated rings. The van der Waals surface area contributed by atoms with Gasteiger partial charge in [-0.3, -0.25) is 0 Å². The normalized spacial score (nSPS) is 15.6. The van der Waals surface area contributed by atoms with Gasteiger partial charge in [0.1, 0.15) is 5.76 Å². The average molecular weight is 119 g/mol. The Kier molecular flexibility index (Phi) is 0.950. The van der Waals surface area contributed by atoms with Crippen LogP contribution in [0.5, 0.6) is 0 Å². The van der Waals surface area contributed by atoms with E-state index in [1.165, 1.54) is 5.56 Å². The maximum Gasteiger partial charge on any atom is 0.170 e. The Balaban J connectivity index is 2.53. The van der Waals surface area contributed by atoms with E-state index < -0.39 is 0 Å². The molecule has 1 aromatic rings. The third-order valence-electron chi connectivity index (χ3n) is 1.55. The molecule has 1 heterocycles. The Morgan fingerprint density at radius 3 is 3.44 bits per heavy atom. The molecule has 1 radical (unpaired) electrons. The van der Waals surface area contributed by atoms with Gasteiger partial charge in [-0.1, -0.05) is 12.2 Å². The van der Waals surface area contributed by atoms with Gasteiger partial charge in [0.25, 0.3) is 0 Å². The Morgan fingerprint density at radius 2 is 2.56 bits per heavy atom. The molecule has 9 heavy (non-hydrogen) atoms. The number of rotatable bonds is 0. The van der Waals surface area contributed by atoms with E-state index in [0.29, 0.717) is 0 Å². The fourth-order valence-corrected chi connectivity index (χ4v) is 1.06. The molecule has 0 aliphatic heterocycles. The smallest absolute Gasteiger partial charge is 0.170 e. The maximum atomic E-state index is 5.08. The molecule has 1 nitrogen and oxygen atoms in total. The minimum atomic E-state index is 1.04. The number of hydrogen-bond acceptors (Lipinski definition) is 1. The van der Waals surface area contributed by atoms with Crippen molar-refractivity contribution in [2.45, 2.75) is 12.8 Å². The maximum absolute atomic E-state index is 5.08. The molecule has 0 aromatic carbocycles. The highest BCUT2D eigenvalue weighted by Gasteiger charge is 2.05. The molecule has 1 aliphatic rings. The van der Waals surface area contributed by atoms with E-state index in [0.717, 1.165) is 18.6 Å². The van der Waals surface area contributed by atoms with Crippen molar-refractivity contribution >= 4 is 6.08 Å². The number of fused-ring (bicyclic) bond motifs is 1. The summed E-state index contributed by atoms with van der Waals surface area (Å²) in [7, 11) is 0. The standard InChI is InChI=1S/C8H7O/c1-2-4-8-7(3-1)5-6-9-8/h1,3,5H,2,4H2. The van der Waals surface area contributed by atoms with Crippen LogP contribution in [-0.2, 0) is 6.42 Å². The highest BCUT2D eigenvalue weighted by Crippen LogP contribution is 2.18. The minimum Gasteiger partial charge on any atom is -0.457 e. The van der Waals surface area contributed by atoms with Gasteiger partial charge < -0.3 is 4.42 Å². The van der Waals surface area contributed by atoms with Gasteiger partial charge in [0, 0.05) is 12.0 Å². The van der Waals surface area contributed by atoms with Gasteiger partial charge in [-0.05, 0) is 12.5 Å². The molecule has 2 rings (SSSR count). The number of aryl methyl sites for hydroxylation is 1. The van der Waals surface area contributed by atoms with E-state index in [9.17, 15) is 0 Å². The topological polar surface area (TPSA) is 13.1 Å². The first-order chi connectivity index (χ1) is 4.47. The highest BCUT2D eigenvalue weighted by atomic mass is 16.3. The van der Waals surface area contributed by atoms with Gasteiger partial charge in [0.05, 0.1) is 0 Å². The summed E-state index contributed by atoms with van der Waals surface area (Å²) in [6.45, 7) is 0. The van der Waals surface area contributed by atoms with Crippen molar-refractivity contribution in [3.8, 4) is 0 Å². The number of furan rings is 1. The first-order valence-electron chi connectivity index (χ1n) is 3.12. The van der Waals surface area contributed by atoms with E-state index >= 15 is 0 Å². The van der Waals surface area contributed by atoms with Crippen LogP contribution in [0.2, 0.25) is 0 Å². The Bertz CT molecular complexity index is 232. The first-order valence-corrected chi connectivity index (χ1v) is 3.12. The van der Waals surface area contributed by atoms with Crippen molar-refractivity contribution in [2.75, 3.05) is 0 Å². The summed E-state index contributed by atoms with van der Waals surface area (Å²) in [5, 5.41) is 0. The lowest BCUT2D eigenvalue weighted by Crippen LogP contribution is -1.87. The molecule has 0 spiro atoms. The van der Waals surface area contributed by atoms with Crippen molar-refractivity contribution in [1.29, 1.82) is 0 Å². The molecule has 0 saturated heterocycles. The van der Waals surface area contributed by atoms with Gasteiger partial charge >= 0.3 is 0 Å². The lowest BCUT2D eigenvalue weighted by atomic mass is 10.1. The molecule has 0 unspecified atom stereocenters. The molecule has 1 heteroatoms. The van der Waals surface area contributed by atoms with E-state index in [2.05, 4.69) is 18.4 Å². The predicted molar refractivity (Wildman–Crippen MR) is 34.9 cm³/mol. The Labute approximate surface area is 54.0 Å². The quantitative estimate of drug-likeness (QED) is 0.509. The molecule has 45 valence electrons. The van der Waals surface area contributed by atoms with Gasteiger partial charge in [0.15, 0.2) is 6.26 Å². The third-order valence-corrected chi connectivity index (χ3v) is 1.55. The summed E-state index contributed by atoms with van der Waals surface area (Å²) >= 11 is 0. The molecular formula is C8H7O. The third kappa shape index (κ3) is 0.689. The molecule has 0 saturated carbocycles. The molecule has 0 bridgehead atoms. The second kappa shape index (κ2) is 1.76. The van der Waals surface area contributed by atoms with Crippen molar-refractivity contribution in [1.82, 2.24) is 0 Å². The van der Waals surface area contributed by atoms with E-state index in [4.69, 9.17) is 4.42 Å². The van der Waals surface area contributed by atoms with E-state index in [-0.39, 0.29) is 0 Å². The van der Waals surface area contributed by atoms with Crippen LogP contribution in [0.15, 0.2) is 16.6 Å². The molecule has 0 atom stereocenters. The van der Waals surface area contributed by atoms with Crippen molar-refractivity contribution in [2.24, 2.45) is 0 Å². The van der Waals surface area contributed by atoms with Crippen LogP contribution < -0.4 is 0 Å². The van der Waals surface area contributed by atoms with Gasteiger partial charge in [-0.15, -0.1) is 0 Å². The van der Waals surface area contributed by atoms with Crippen LogP contribution in [0.4, 0.5) is 0 Å². The molecular weight excluding hydrogens is 112 g/mol. The number of allylic oxidation sites excluding steroid dienone is 1. The van der Waals surface area contributed by atoms with Crippen LogP contribution in [0.1, 0.15) is 17.7 Å². The van der Waals surface area contributed by atoms with Crippen molar-refractivity contribution in [3.05, 3.63) is 29.7 Å². The van der Waals surface area contributed by atoms with Crippen LogP contribution in [0, 0.1) is 6.26 Å². The summed E-state index contributed by atoms with van der Waals surface area (Å²) < 4.78 is 5.08. The zero-order valence-electron chi connectivity index (χ0n) is 5.05. The lowest BCUT2D eigenvalue weighted by molar-refractivity contribution is 0.500. The zero-order chi connectivity index (χ0) is 6.10. The molecule has 0 amide bonds. The zero-order valence-corrected chi connectivity index (χ0v) is 5.05. The summed E-state index contributed by atoms with van der Waals surface area (Å²) in [4.78, 5) is 0. The van der Waals surface area contributed by atoms with Crippen LogP contribution in [-0.4, -0.2) is 0 Å². The van der Waals surface area contributed by atoms with Crippen LogP contribution in [0.25, 0.3) is 6.08 Å². The fraction of sp³-hybridized carbons (Fsp3) is 0.250. The largest absolute Gasteiger partial charge is 0.457 e. The van der Waals surface area contributed by atoms with Gasteiger partial charge in [-0.25, -0.2) is 0 Å². The van der Waals surface area contributed by atoms with Gasteiger partial charge in [-0.2, -0.15) is 0 Å². The lowest BCUT2D eigenvalue weighted by Gasteiger charge is -1.99. The minimum absolute atomic E-state index is 1.04. The fourth-order valence-electron chi connectivity index (χ4n) is 1.06. The van der Waals surface area contributed by atoms with Crippen molar-refractivity contribution < 1.29 is 4.42 Å². The van der Waals surface area contributed by atoms with E-state index in [1.54, 1.807) is 0 Å². The summed E-state index contributed by atoms with van der Waals surface area (Å²) in [6.07, 6.45) is 9.10. The average Bonchev–Trinajstić information content (AvgIpc) is 2.33. The second-order valence-electron chi connectivity index (χ2n) is 2.18. The Morgan fingerprint density at radius 1 is 1.56 bits per heavy atom. The SMILES string of the molecule is [c]1cc2c(o1)CCC=C2. The van der Waals surface area contributed by atoms with Crippen LogP contribution in [0.3, 0.4) is 0 Å². The molecule has 0 N–H and O–H groups in total. The van der Waals surface area contributed by atoms with Crippen LogP contribution >= 0.6 is 0 Å².